The number of nitrogens with zero attached hydrogens (tertiary/aromatic N) is 2. The maximum atomic E-state index is 12.8. The maximum Gasteiger partial charge on any atom is 0.314 e. The fraction of sp³-hybridized carbons (Fsp3) is 0.333. The summed E-state index contributed by atoms with van der Waals surface area (Å²) in [6.45, 7) is 0.536. The van der Waals surface area contributed by atoms with Crippen LogP contribution in [0.1, 0.15) is 17.2 Å². The highest BCUT2D eigenvalue weighted by Gasteiger charge is 2.09. The molecule has 0 aliphatic heterocycles. The molecule has 0 saturated carbocycles. The number of aryl methyl sites for hydroxylation is 1. The van der Waals surface area contributed by atoms with E-state index in [0.29, 0.717) is 18.5 Å². The van der Waals surface area contributed by atoms with E-state index < -0.39 is 6.10 Å². The number of carbonyl (C=O) groups is 1. The number of halogens is 1. The van der Waals surface area contributed by atoms with Crippen molar-refractivity contribution in [1.29, 1.82) is 0 Å². The molecule has 7 heteroatoms. The molecule has 2 rings (SSSR count). The van der Waals surface area contributed by atoms with E-state index >= 15 is 0 Å². The first kappa shape index (κ1) is 16.0. The van der Waals surface area contributed by atoms with Crippen LogP contribution in [0.2, 0.25) is 0 Å². The molecule has 0 radical (unpaired) electrons. The molecule has 1 aromatic carbocycles. The van der Waals surface area contributed by atoms with Crippen LogP contribution < -0.4 is 10.6 Å². The monoisotopic (exact) mass is 306 g/mol. The number of rotatable bonds is 6. The number of aromatic nitrogens is 2. The Bertz CT molecular complexity index is 612. The summed E-state index contributed by atoms with van der Waals surface area (Å²) < 4.78 is 14.5. The lowest BCUT2D eigenvalue weighted by molar-refractivity contribution is 0.173. The Morgan fingerprint density at radius 3 is 2.73 bits per heavy atom. The summed E-state index contributed by atoms with van der Waals surface area (Å²) in [4.78, 5) is 11.6. The second-order valence-corrected chi connectivity index (χ2v) is 4.98. The predicted molar refractivity (Wildman–Crippen MR) is 79.7 cm³/mol. The van der Waals surface area contributed by atoms with Gasteiger partial charge in [0.25, 0.3) is 0 Å². The molecular weight excluding hydrogens is 287 g/mol. The molecule has 0 fully saturated rings. The standard InChI is InChI=1S/C15H19FN4O2/c1-20-10-11(8-19-20)6-7-17-15(22)18-9-14(21)12-2-4-13(16)5-3-12/h2-5,8,10,14,21H,6-7,9H2,1H3,(H2,17,18,22). The topological polar surface area (TPSA) is 79.2 Å². The van der Waals surface area contributed by atoms with E-state index in [1.165, 1.54) is 24.3 Å². The van der Waals surface area contributed by atoms with Crippen LogP contribution in [0.4, 0.5) is 9.18 Å². The van der Waals surface area contributed by atoms with E-state index in [2.05, 4.69) is 15.7 Å². The van der Waals surface area contributed by atoms with Crippen LogP contribution in [0.5, 0.6) is 0 Å². The number of aliphatic hydroxyl groups excluding tert-OH is 1. The van der Waals surface area contributed by atoms with Crippen molar-refractivity contribution in [3.8, 4) is 0 Å². The Kier molecular flexibility index (Phi) is 5.48. The minimum Gasteiger partial charge on any atom is -0.387 e. The Balaban J connectivity index is 1.67. The molecule has 22 heavy (non-hydrogen) atoms. The van der Waals surface area contributed by atoms with Gasteiger partial charge in [-0.05, 0) is 29.7 Å². The van der Waals surface area contributed by atoms with Crippen LogP contribution in [0.3, 0.4) is 0 Å². The lowest BCUT2D eigenvalue weighted by atomic mass is 10.1. The number of nitrogens with one attached hydrogen (secondary N) is 2. The molecular formula is C15H19FN4O2. The lowest BCUT2D eigenvalue weighted by Gasteiger charge is -2.12. The van der Waals surface area contributed by atoms with Crippen molar-refractivity contribution in [2.45, 2.75) is 12.5 Å². The first-order chi connectivity index (χ1) is 10.5. The number of amides is 2. The second kappa shape index (κ2) is 7.56. The van der Waals surface area contributed by atoms with Crippen molar-refractivity contribution in [2.75, 3.05) is 13.1 Å². The smallest absolute Gasteiger partial charge is 0.314 e. The third kappa shape index (κ3) is 4.85. The molecule has 1 aromatic heterocycles. The number of hydrogen-bond acceptors (Lipinski definition) is 3. The van der Waals surface area contributed by atoms with Gasteiger partial charge in [-0.2, -0.15) is 5.10 Å². The molecule has 6 nitrogen and oxygen atoms in total. The Morgan fingerprint density at radius 1 is 1.36 bits per heavy atom. The van der Waals surface area contributed by atoms with Gasteiger partial charge in [0.05, 0.1) is 12.3 Å². The van der Waals surface area contributed by atoms with E-state index in [4.69, 9.17) is 0 Å². The quantitative estimate of drug-likeness (QED) is 0.748. The fourth-order valence-corrected chi connectivity index (χ4v) is 1.98. The Hall–Kier alpha value is -2.41. The van der Waals surface area contributed by atoms with E-state index in [1.54, 1.807) is 10.9 Å². The zero-order valence-electron chi connectivity index (χ0n) is 12.3. The number of carbonyl (C=O) groups excluding carboxylic acids is 1. The minimum absolute atomic E-state index is 0.0599. The van der Waals surface area contributed by atoms with Gasteiger partial charge in [-0.25, -0.2) is 9.18 Å². The van der Waals surface area contributed by atoms with Gasteiger partial charge in [-0.1, -0.05) is 12.1 Å². The molecule has 0 aliphatic carbocycles. The van der Waals surface area contributed by atoms with Crippen LogP contribution in [-0.4, -0.2) is 34.0 Å². The normalized spacial score (nSPS) is 12.0. The Morgan fingerprint density at radius 2 is 2.09 bits per heavy atom. The average molecular weight is 306 g/mol. The van der Waals surface area contributed by atoms with Crippen molar-refractivity contribution in [2.24, 2.45) is 7.05 Å². The minimum atomic E-state index is -0.871. The first-order valence-corrected chi connectivity index (χ1v) is 6.97. The van der Waals surface area contributed by atoms with Crippen LogP contribution in [0.15, 0.2) is 36.7 Å². The van der Waals surface area contributed by atoms with E-state index in [9.17, 15) is 14.3 Å². The highest BCUT2D eigenvalue weighted by Crippen LogP contribution is 2.12. The van der Waals surface area contributed by atoms with Gasteiger partial charge in [-0.15, -0.1) is 0 Å². The highest BCUT2D eigenvalue weighted by atomic mass is 19.1. The molecule has 118 valence electrons. The van der Waals surface area contributed by atoms with E-state index in [-0.39, 0.29) is 18.4 Å². The van der Waals surface area contributed by atoms with Crippen molar-refractivity contribution >= 4 is 6.03 Å². The zero-order valence-corrected chi connectivity index (χ0v) is 12.3. The van der Waals surface area contributed by atoms with Crippen molar-refractivity contribution in [3.63, 3.8) is 0 Å². The van der Waals surface area contributed by atoms with Crippen LogP contribution >= 0.6 is 0 Å². The molecule has 0 saturated heterocycles. The van der Waals surface area contributed by atoms with Crippen LogP contribution in [0, 0.1) is 5.82 Å². The summed E-state index contributed by atoms with van der Waals surface area (Å²) in [7, 11) is 1.83. The van der Waals surface area contributed by atoms with Gasteiger partial charge in [0.1, 0.15) is 5.82 Å². The average Bonchev–Trinajstić information content (AvgIpc) is 2.91. The van der Waals surface area contributed by atoms with Crippen molar-refractivity contribution < 1.29 is 14.3 Å². The van der Waals surface area contributed by atoms with E-state index in [1.807, 2.05) is 13.2 Å². The van der Waals surface area contributed by atoms with Gasteiger partial charge in [0.15, 0.2) is 0 Å². The van der Waals surface area contributed by atoms with Crippen LogP contribution in [-0.2, 0) is 13.5 Å². The van der Waals surface area contributed by atoms with Gasteiger partial charge >= 0.3 is 6.03 Å². The second-order valence-electron chi connectivity index (χ2n) is 4.98. The maximum absolute atomic E-state index is 12.8. The third-order valence-electron chi connectivity index (χ3n) is 3.17. The molecule has 2 aromatic rings. The first-order valence-electron chi connectivity index (χ1n) is 6.97. The molecule has 1 heterocycles. The van der Waals surface area contributed by atoms with Gasteiger partial charge < -0.3 is 15.7 Å². The lowest BCUT2D eigenvalue weighted by Crippen LogP contribution is -2.38. The van der Waals surface area contributed by atoms with Gasteiger partial charge in [-0.3, -0.25) is 4.68 Å². The summed E-state index contributed by atoms with van der Waals surface area (Å²) in [5.74, 6) is -0.364. The third-order valence-corrected chi connectivity index (χ3v) is 3.17. The molecule has 0 aliphatic rings. The highest BCUT2D eigenvalue weighted by molar-refractivity contribution is 5.73. The molecule has 2 amide bonds. The molecule has 1 unspecified atom stereocenters. The number of aliphatic hydroxyl groups is 1. The molecule has 0 bridgehead atoms. The Labute approximate surface area is 128 Å². The summed E-state index contributed by atoms with van der Waals surface area (Å²) in [6, 6.07) is 5.16. The summed E-state index contributed by atoms with van der Waals surface area (Å²) in [5.41, 5.74) is 1.59. The molecule has 0 spiro atoms. The number of hydrogen-bond donors (Lipinski definition) is 3. The molecule has 3 N–H and O–H groups in total. The van der Waals surface area contributed by atoms with Crippen molar-refractivity contribution in [1.82, 2.24) is 20.4 Å². The van der Waals surface area contributed by atoms with Gasteiger partial charge in [0, 0.05) is 26.3 Å². The largest absolute Gasteiger partial charge is 0.387 e. The van der Waals surface area contributed by atoms with Crippen LogP contribution in [0.25, 0.3) is 0 Å². The SMILES string of the molecule is Cn1cc(CCNC(=O)NCC(O)c2ccc(F)cc2)cn1. The number of benzene rings is 1. The summed E-state index contributed by atoms with van der Waals surface area (Å²) >= 11 is 0. The fourth-order valence-electron chi connectivity index (χ4n) is 1.98. The van der Waals surface area contributed by atoms with Crippen molar-refractivity contribution in [3.05, 3.63) is 53.6 Å². The summed E-state index contributed by atoms with van der Waals surface area (Å²) in [5, 5.41) is 19.2. The van der Waals surface area contributed by atoms with Gasteiger partial charge in [0.2, 0.25) is 0 Å². The number of urea groups is 1. The predicted octanol–water partition coefficient (Wildman–Crippen LogP) is 1.13. The van der Waals surface area contributed by atoms with E-state index in [0.717, 1.165) is 5.56 Å². The zero-order chi connectivity index (χ0) is 15.9. The summed E-state index contributed by atoms with van der Waals surface area (Å²) in [6.07, 6.45) is 3.45. The molecule has 1 atom stereocenters.